The summed E-state index contributed by atoms with van der Waals surface area (Å²) in [5.74, 6) is 1.57. The van der Waals surface area contributed by atoms with E-state index in [1.807, 2.05) is 0 Å². The number of nitrogens with zero attached hydrogens (tertiary/aromatic N) is 1. The van der Waals surface area contributed by atoms with E-state index < -0.39 is 0 Å². The summed E-state index contributed by atoms with van der Waals surface area (Å²) in [6.45, 7) is -0.273. The van der Waals surface area contributed by atoms with Crippen LogP contribution in [-0.2, 0) is 9.63 Å². The Balaban J connectivity index is 1.94. The number of hydrogen-bond acceptors (Lipinski definition) is 7. The van der Waals surface area contributed by atoms with Crippen molar-refractivity contribution >= 4 is 29.4 Å². The SMILES string of the molecule is COc1ccc(NC(=O)CON=Cc2cc(OC)c(OC)c(OC)c2)cc1Cl. The van der Waals surface area contributed by atoms with E-state index in [0.29, 0.717) is 39.3 Å². The van der Waals surface area contributed by atoms with Crippen molar-refractivity contribution in [1.29, 1.82) is 0 Å². The van der Waals surface area contributed by atoms with Crippen molar-refractivity contribution in [3.63, 3.8) is 0 Å². The van der Waals surface area contributed by atoms with Crippen LogP contribution in [0, 0.1) is 0 Å². The van der Waals surface area contributed by atoms with Gasteiger partial charge in [0.1, 0.15) is 5.75 Å². The Morgan fingerprint density at radius 1 is 1.00 bits per heavy atom. The number of methoxy groups -OCH3 is 4. The summed E-state index contributed by atoms with van der Waals surface area (Å²) >= 11 is 6.02. The zero-order valence-electron chi connectivity index (χ0n) is 15.9. The van der Waals surface area contributed by atoms with Crippen LogP contribution in [0.5, 0.6) is 23.0 Å². The third kappa shape index (κ3) is 5.43. The number of nitrogens with one attached hydrogen (secondary N) is 1. The van der Waals surface area contributed by atoms with Gasteiger partial charge < -0.3 is 29.1 Å². The minimum Gasteiger partial charge on any atom is -0.495 e. The predicted octanol–water partition coefficient (Wildman–Crippen LogP) is 3.36. The smallest absolute Gasteiger partial charge is 0.265 e. The minimum absolute atomic E-state index is 0.273. The minimum atomic E-state index is -0.386. The standard InChI is InChI=1S/C19H21ClN2O6/c1-24-15-6-5-13(9-14(15)20)22-18(23)11-28-21-10-12-7-16(25-2)19(27-4)17(8-12)26-3/h5-10H,11H2,1-4H3,(H,22,23). The maximum atomic E-state index is 11.9. The Bertz CT molecular complexity index is 831. The van der Waals surface area contributed by atoms with Gasteiger partial charge in [0.2, 0.25) is 5.75 Å². The van der Waals surface area contributed by atoms with Crippen molar-refractivity contribution in [2.75, 3.05) is 40.4 Å². The highest BCUT2D eigenvalue weighted by molar-refractivity contribution is 6.32. The summed E-state index contributed by atoms with van der Waals surface area (Å²) in [5, 5.41) is 6.83. The number of carbonyl (C=O) groups is 1. The largest absolute Gasteiger partial charge is 0.495 e. The molecule has 0 spiro atoms. The Hall–Kier alpha value is -3.13. The molecule has 0 saturated heterocycles. The number of amides is 1. The molecule has 150 valence electrons. The average Bonchev–Trinajstić information content (AvgIpc) is 2.70. The van der Waals surface area contributed by atoms with Gasteiger partial charge in [0.25, 0.3) is 5.91 Å². The molecule has 0 aliphatic rings. The Morgan fingerprint density at radius 2 is 1.64 bits per heavy atom. The van der Waals surface area contributed by atoms with Gasteiger partial charge in [-0.1, -0.05) is 16.8 Å². The second kappa shape index (κ2) is 10.3. The van der Waals surface area contributed by atoms with Crippen molar-refractivity contribution in [2.24, 2.45) is 5.16 Å². The molecule has 2 aromatic rings. The highest BCUT2D eigenvalue weighted by Gasteiger charge is 2.12. The van der Waals surface area contributed by atoms with Crippen LogP contribution in [0.3, 0.4) is 0 Å². The lowest BCUT2D eigenvalue weighted by molar-refractivity contribution is -0.120. The van der Waals surface area contributed by atoms with Gasteiger partial charge in [-0.25, -0.2) is 0 Å². The first-order valence-electron chi connectivity index (χ1n) is 8.11. The number of carbonyl (C=O) groups excluding carboxylic acids is 1. The molecule has 28 heavy (non-hydrogen) atoms. The number of halogens is 1. The summed E-state index contributed by atoms with van der Waals surface area (Å²) in [7, 11) is 6.07. The molecule has 0 aliphatic heterocycles. The maximum absolute atomic E-state index is 11.9. The Labute approximate surface area is 167 Å². The number of ether oxygens (including phenoxy) is 4. The van der Waals surface area contributed by atoms with Crippen LogP contribution in [0.2, 0.25) is 5.02 Å². The molecule has 0 fully saturated rings. The van der Waals surface area contributed by atoms with Crippen LogP contribution in [0.15, 0.2) is 35.5 Å². The van der Waals surface area contributed by atoms with Crippen molar-refractivity contribution < 1.29 is 28.6 Å². The van der Waals surface area contributed by atoms with Crippen LogP contribution >= 0.6 is 11.6 Å². The van der Waals surface area contributed by atoms with Gasteiger partial charge in [-0.3, -0.25) is 4.79 Å². The summed E-state index contributed by atoms with van der Waals surface area (Å²) < 4.78 is 20.8. The average molecular weight is 409 g/mol. The third-order valence-corrected chi connectivity index (χ3v) is 3.89. The van der Waals surface area contributed by atoms with E-state index in [0.717, 1.165) is 0 Å². The molecule has 1 N–H and O–H groups in total. The molecule has 0 bridgehead atoms. The summed E-state index contributed by atoms with van der Waals surface area (Å²) in [6.07, 6.45) is 1.43. The van der Waals surface area contributed by atoms with Crippen molar-refractivity contribution in [2.45, 2.75) is 0 Å². The summed E-state index contributed by atoms with van der Waals surface area (Å²) in [4.78, 5) is 17.0. The molecule has 0 atom stereocenters. The first-order chi connectivity index (χ1) is 13.5. The first-order valence-corrected chi connectivity index (χ1v) is 8.48. The summed E-state index contributed by atoms with van der Waals surface area (Å²) in [6, 6.07) is 8.31. The number of oxime groups is 1. The van der Waals surface area contributed by atoms with Crippen LogP contribution in [0.4, 0.5) is 5.69 Å². The van der Waals surface area contributed by atoms with E-state index >= 15 is 0 Å². The van der Waals surface area contributed by atoms with Gasteiger partial charge >= 0.3 is 0 Å². The second-order valence-electron chi connectivity index (χ2n) is 5.36. The highest BCUT2D eigenvalue weighted by atomic mass is 35.5. The first kappa shape index (κ1) is 21.2. The molecule has 9 heteroatoms. The van der Waals surface area contributed by atoms with E-state index in [9.17, 15) is 4.79 Å². The molecule has 0 unspecified atom stereocenters. The normalized spacial score (nSPS) is 10.5. The van der Waals surface area contributed by atoms with Crippen molar-refractivity contribution in [3.05, 3.63) is 40.9 Å². The van der Waals surface area contributed by atoms with E-state index in [-0.39, 0.29) is 12.5 Å². The quantitative estimate of drug-likeness (QED) is 0.505. The molecule has 0 saturated carbocycles. The molecule has 8 nitrogen and oxygen atoms in total. The Kier molecular flexibility index (Phi) is 7.76. The van der Waals surface area contributed by atoms with Crippen LogP contribution in [0.1, 0.15) is 5.56 Å². The second-order valence-corrected chi connectivity index (χ2v) is 5.77. The number of anilines is 1. The van der Waals surface area contributed by atoms with E-state index in [1.165, 1.54) is 34.7 Å². The lowest BCUT2D eigenvalue weighted by atomic mass is 10.2. The van der Waals surface area contributed by atoms with Gasteiger partial charge in [-0.15, -0.1) is 0 Å². The van der Waals surface area contributed by atoms with Crippen molar-refractivity contribution in [3.8, 4) is 23.0 Å². The monoisotopic (exact) mass is 408 g/mol. The van der Waals surface area contributed by atoms with Gasteiger partial charge in [0, 0.05) is 11.3 Å². The van der Waals surface area contributed by atoms with Crippen LogP contribution in [0.25, 0.3) is 0 Å². The molecular formula is C19H21ClN2O6. The predicted molar refractivity (Wildman–Crippen MR) is 106 cm³/mol. The van der Waals surface area contributed by atoms with E-state index in [1.54, 1.807) is 30.3 Å². The van der Waals surface area contributed by atoms with Gasteiger partial charge in [0.15, 0.2) is 18.1 Å². The Morgan fingerprint density at radius 3 is 2.18 bits per heavy atom. The van der Waals surface area contributed by atoms with Crippen LogP contribution in [-0.4, -0.2) is 47.2 Å². The lowest BCUT2D eigenvalue weighted by Gasteiger charge is -2.12. The molecule has 0 heterocycles. The summed E-state index contributed by atoms with van der Waals surface area (Å²) in [5.41, 5.74) is 1.17. The van der Waals surface area contributed by atoms with Gasteiger partial charge in [0.05, 0.1) is 39.7 Å². The molecule has 2 aromatic carbocycles. The van der Waals surface area contributed by atoms with Gasteiger partial charge in [-0.05, 0) is 30.3 Å². The maximum Gasteiger partial charge on any atom is 0.265 e. The number of hydrogen-bond donors (Lipinski definition) is 1. The molecule has 2 rings (SSSR count). The van der Waals surface area contributed by atoms with Gasteiger partial charge in [-0.2, -0.15) is 0 Å². The topological polar surface area (TPSA) is 87.6 Å². The molecule has 0 radical (unpaired) electrons. The third-order valence-electron chi connectivity index (χ3n) is 3.59. The fourth-order valence-corrected chi connectivity index (χ4v) is 2.57. The molecular weight excluding hydrogens is 388 g/mol. The van der Waals surface area contributed by atoms with E-state index in [2.05, 4.69) is 10.5 Å². The van der Waals surface area contributed by atoms with Crippen molar-refractivity contribution in [1.82, 2.24) is 0 Å². The zero-order chi connectivity index (χ0) is 20.5. The van der Waals surface area contributed by atoms with E-state index in [4.69, 9.17) is 35.4 Å². The lowest BCUT2D eigenvalue weighted by Crippen LogP contribution is -2.17. The highest BCUT2D eigenvalue weighted by Crippen LogP contribution is 2.37. The fraction of sp³-hybridized carbons (Fsp3) is 0.263. The molecule has 1 amide bonds. The fourth-order valence-electron chi connectivity index (χ4n) is 2.31. The zero-order valence-corrected chi connectivity index (χ0v) is 16.7. The molecule has 0 aliphatic carbocycles. The number of benzene rings is 2. The number of rotatable bonds is 9. The molecule has 0 aromatic heterocycles. The van der Waals surface area contributed by atoms with Crippen LogP contribution < -0.4 is 24.3 Å².